The number of benzene rings is 1. The molecule has 0 heterocycles. The van der Waals surface area contributed by atoms with Crippen molar-refractivity contribution in [2.75, 3.05) is 0 Å². The van der Waals surface area contributed by atoms with E-state index in [0.717, 1.165) is 18.4 Å². The summed E-state index contributed by atoms with van der Waals surface area (Å²) in [5.41, 5.74) is 0.923. The van der Waals surface area contributed by atoms with Gasteiger partial charge >= 0.3 is 0 Å². The molecule has 1 aromatic carbocycles. The quantitative estimate of drug-likeness (QED) is 0.653. The zero-order chi connectivity index (χ0) is 11.2. The van der Waals surface area contributed by atoms with Crippen LogP contribution in [0.1, 0.15) is 37.7 Å². The second-order valence-corrected chi connectivity index (χ2v) is 4.32. The first-order valence-electron chi connectivity index (χ1n) is 5.97. The van der Waals surface area contributed by atoms with Crippen LogP contribution in [0.15, 0.2) is 30.3 Å². The van der Waals surface area contributed by atoms with Gasteiger partial charge in [-0.2, -0.15) is 0 Å². The van der Waals surface area contributed by atoms with Gasteiger partial charge in [-0.3, -0.25) is 4.79 Å². The van der Waals surface area contributed by atoms with Crippen molar-refractivity contribution in [2.24, 2.45) is 5.92 Å². The summed E-state index contributed by atoms with van der Waals surface area (Å²) < 4.78 is 0. The summed E-state index contributed by atoms with van der Waals surface area (Å²) in [4.78, 5) is 11.8. The predicted octanol–water partition coefficient (Wildman–Crippen LogP) is 3.19. The molecule has 0 saturated heterocycles. The maximum absolute atomic E-state index is 11.8. The maximum atomic E-state index is 11.8. The molecule has 0 atom stereocenters. The van der Waals surface area contributed by atoms with E-state index in [1.807, 2.05) is 30.3 Å². The van der Waals surface area contributed by atoms with Crippen molar-refractivity contribution in [3.05, 3.63) is 35.9 Å². The number of ketones is 1. The SMILES string of the molecule is O=C(C#Cc1ccccc1)C1CCCCC1. The predicted molar refractivity (Wildman–Crippen MR) is 64.9 cm³/mol. The van der Waals surface area contributed by atoms with Gasteiger partial charge in [0.2, 0.25) is 5.78 Å². The summed E-state index contributed by atoms with van der Waals surface area (Å²) in [5, 5.41) is 0. The van der Waals surface area contributed by atoms with Crippen LogP contribution >= 0.6 is 0 Å². The number of carbonyl (C=O) groups excluding carboxylic acids is 1. The fraction of sp³-hybridized carbons (Fsp3) is 0.400. The van der Waals surface area contributed by atoms with Gasteiger partial charge in [0.15, 0.2) is 0 Å². The van der Waals surface area contributed by atoms with Gasteiger partial charge in [-0.15, -0.1) is 0 Å². The lowest BCUT2D eigenvalue weighted by Crippen LogP contribution is -2.15. The lowest BCUT2D eigenvalue weighted by molar-refractivity contribution is -0.118. The molecule has 0 unspecified atom stereocenters. The molecule has 1 saturated carbocycles. The fourth-order valence-electron chi connectivity index (χ4n) is 2.12. The third-order valence-electron chi connectivity index (χ3n) is 3.08. The first-order chi connectivity index (χ1) is 7.86. The lowest BCUT2D eigenvalue weighted by atomic mass is 9.86. The summed E-state index contributed by atoms with van der Waals surface area (Å²) in [6.45, 7) is 0. The Balaban J connectivity index is 1.99. The molecule has 1 aliphatic rings. The van der Waals surface area contributed by atoms with Crippen molar-refractivity contribution in [3.63, 3.8) is 0 Å². The Morgan fingerprint density at radius 3 is 2.44 bits per heavy atom. The average molecular weight is 212 g/mol. The summed E-state index contributed by atoms with van der Waals surface area (Å²) >= 11 is 0. The summed E-state index contributed by atoms with van der Waals surface area (Å²) in [6, 6.07) is 9.70. The van der Waals surface area contributed by atoms with E-state index < -0.39 is 0 Å². The Morgan fingerprint density at radius 1 is 1.06 bits per heavy atom. The van der Waals surface area contributed by atoms with Crippen LogP contribution in [0.5, 0.6) is 0 Å². The monoisotopic (exact) mass is 212 g/mol. The number of hydrogen-bond donors (Lipinski definition) is 0. The number of rotatable bonds is 1. The second-order valence-electron chi connectivity index (χ2n) is 4.32. The van der Waals surface area contributed by atoms with Crippen LogP contribution in [0.4, 0.5) is 0 Å². The minimum absolute atomic E-state index is 0.128. The van der Waals surface area contributed by atoms with E-state index >= 15 is 0 Å². The molecule has 0 amide bonds. The molecule has 82 valence electrons. The molecule has 1 fully saturated rings. The van der Waals surface area contributed by atoms with Crippen LogP contribution in [0.3, 0.4) is 0 Å². The standard InChI is InChI=1S/C15H16O/c16-15(14-9-5-2-6-10-14)12-11-13-7-3-1-4-8-13/h1,3-4,7-8,14H,2,5-6,9-10H2. The smallest absolute Gasteiger partial charge is 0.208 e. The van der Waals surface area contributed by atoms with Crippen molar-refractivity contribution in [3.8, 4) is 11.8 Å². The average Bonchev–Trinajstić information content (AvgIpc) is 2.38. The van der Waals surface area contributed by atoms with Crippen LogP contribution in [0, 0.1) is 17.8 Å². The number of hydrogen-bond acceptors (Lipinski definition) is 1. The number of carbonyl (C=O) groups is 1. The van der Waals surface area contributed by atoms with Gasteiger partial charge in [0.25, 0.3) is 0 Å². The first kappa shape index (κ1) is 11.0. The first-order valence-corrected chi connectivity index (χ1v) is 5.97. The highest BCUT2D eigenvalue weighted by Gasteiger charge is 2.19. The van der Waals surface area contributed by atoms with E-state index in [0.29, 0.717) is 0 Å². The van der Waals surface area contributed by atoms with Crippen LogP contribution in [-0.4, -0.2) is 5.78 Å². The van der Waals surface area contributed by atoms with Crippen molar-refractivity contribution in [1.82, 2.24) is 0 Å². The zero-order valence-electron chi connectivity index (χ0n) is 9.41. The lowest BCUT2D eigenvalue weighted by Gasteiger charge is -2.17. The van der Waals surface area contributed by atoms with Gasteiger partial charge in [0.05, 0.1) is 0 Å². The van der Waals surface area contributed by atoms with Gasteiger partial charge in [-0.25, -0.2) is 0 Å². The molecular weight excluding hydrogens is 196 g/mol. The van der Waals surface area contributed by atoms with Gasteiger partial charge in [-0.1, -0.05) is 43.4 Å². The Morgan fingerprint density at radius 2 is 1.75 bits per heavy atom. The molecule has 1 aromatic rings. The van der Waals surface area contributed by atoms with Gasteiger partial charge < -0.3 is 0 Å². The van der Waals surface area contributed by atoms with Crippen LogP contribution < -0.4 is 0 Å². The Bertz CT molecular complexity index is 402. The minimum atomic E-state index is 0.128. The molecule has 2 rings (SSSR count). The molecule has 1 nitrogen and oxygen atoms in total. The Kier molecular flexibility index (Phi) is 3.77. The Hall–Kier alpha value is -1.55. The van der Waals surface area contributed by atoms with Crippen molar-refractivity contribution in [2.45, 2.75) is 32.1 Å². The highest BCUT2D eigenvalue weighted by atomic mass is 16.1. The van der Waals surface area contributed by atoms with Crippen molar-refractivity contribution >= 4 is 5.78 Å². The maximum Gasteiger partial charge on any atom is 0.208 e. The second kappa shape index (κ2) is 5.51. The van der Waals surface area contributed by atoms with E-state index in [1.165, 1.54) is 19.3 Å². The van der Waals surface area contributed by atoms with E-state index in [2.05, 4.69) is 11.8 Å². The topological polar surface area (TPSA) is 17.1 Å². The third-order valence-corrected chi connectivity index (χ3v) is 3.08. The highest BCUT2D eigenvalue weighted by molar-refractivity contribution is 5.97. The summed E-state index contributed by atoms with van der Waals surface area (Å²) in [5.74, 6) is 6.05. The molecule has 0 radical (unpaired) electrons. The van der Waals surface area contributed by atoms with E-state index in [9.17, 15) is 4.79 Å². The largest absolute Gasteiger partial charge is 0.285 e. The third kappa shape index (κ3) is 2.97. The molecule has 0 aliphatic heterocycles. The molecule has 0 N–H and O–H groups in total. The van der Waals surface area contributed by atoms with Gasteiger partial charge in [0.1, 0.15) is 0 Å². The van der Waals surface area contributed by atoms with E-state index in [1.54, 1.807) is 0 Å². The molecule has 1 heteroatoms. The molecule has 0 bridgehead atoms. The molecular formula is C15H16O. The molecule has 16 heavy (non-hydrogen) atoms. The van der Waals surface area contributed by atoms with Gasteiger partial charge in [0, 0.05) is 11.5 Å². The zero-order valence-corrected chi connectivity index (χ0v) is 9.41. The highest BCUT2D eigenvalue weighted by Crippen LogP contribution is 2.23. The Labute approximate surface area is 96.9 Å². The molecule has 0 spiro atoms. The summed E-state index contributed by atoms with van der Waals surface area (Å²) in [6.07, 6.45) is 5.70. The van der Waals surface area contributed by atoms with E-state index in [-0.39, 0.29) is 11.7 Å². The van der Waals surface area contributed by atoms with Crippen molar-refractivity contribution < 1.29 is 4.79 Å². The molecule has 1 aliphatic carbocycles. The minimum Gasteiger partial charge on any atom is -0.285 e. The van der Waals surface area contributed by atoms with E-state index in [4.69, 9.17) is 0 Å². The fourth-order valence-corrected chi connectivity index (χ4v) is 2.12. The number of Topliss-reactive ketones (excluding diaryl/α,β-unsaturated/α-hetero) is 1. The van der Waals surface area contributed by atoms with Crippen LogP contribution in [-0.2, 0) is 4.79 Å². The normalized spacial score (nSPS) is 16.2. The van der Waals surface area contributed by atoms with Crippen LogP contribution in [0.2, 0.25) is 0 Å². The van der Waals surface area contributed by atoms with Crippen molar-refractivity contribution in [1.29, 1.82) is 0 Å². The van der Waals surface area contributed by atoms with Crippen LogP contribution in [0.25, 0.3) is 0 Å². The molecule has 0 aromatic heterocycles. The van der Waals surface area contributed by atoms with Gasteiger partial charge in [-0.05, 0) is 30.9 Å². The summed E-state index contributed by atoms with van der Waals surface area (Å²) in [7, 11) is 0.